The van der Waals surface area contributed by atoms with Gasteiger partial charge in [-0.15, -0.1) is 8.78 Å². The summed E-state index contributed by atoms with van der Waals surface area (Å²) >= 11 is 0. The van der Waals surface area contributed by atoms with E-state index in [1.54, 1.807) is 30.6 Å². The van der Waals surface area contributed by atoms with Crippen LogP contribution in [-0.2, 0) is 19.0 Å². The lowest BCUT2D eigenvalue weighted by Gasteiger charge is -2.25. The van der Waals surface area contributed by atoms with Gasteiger partial charge in [-0.2, -0.15) is 18.3 Å². The number of nitrogens with zero attached hydrogens (tertiary/aromatic N) is 4. The average molecular weight is 571 g/mol. The van der Waals surface area contributed by atoms with Gasteiger partial charge in [0, 0.05) is 48.2 Å². The number of benzene rings is 2. The average Bonchev–Trinajstić information content (AvgIpc) is 3.49. The van der Waals surface area contributed by atoms with E-state index in [0.29, 0.717) is 30.6 Å². The Balaban J connectivity index is 1.36. The van der Waals surface area contributed by atoms with Gasteiger partial charge in [0.25, 0.3) is 5.91 Å². The van der Waals surface area contributed by atoms with Gasteiger partial charge in [0.05, 0.1) is 11.4 Å². The van der Waals surface area contributed by atoms with Crippen molar-refractivity contribution >= 4 is 11.6 Å². The third-order valence-corrected chi connectivity index (χ3v) is 7.28. The Morgan fingerprint density at radius 3 is 2.66 bits per heavy atom. The molecule has 0 saturated carbocycles. The molecule has 2 aromatic carbocycles. The second kappa shape index (κ2) is 9.86. The van der Waals surface area contributed by atoms with Gasteiger partial charge in [0.15, 0.2) is 17.2 Å². The van der Waals surface area contributed by atoms with E-state index < -0.39 is 24.1 Å². The van der Waals surface area contributed by atoms with Crippen molar-refractivity contribution in [3.05, 3.63) is 95.1 Å². The van der Waals surface area contributed by atoms with Crippen LogP contribution in [-0.4, -0.2) is 34.0 Å². The maximum absolute atomic E-state index is 14.1. The number of anilines is 1. The van der Waals surface area contributed by atoms with E-state index >= 15 is 0 Å². The van der Waals surface area contributed by atoms with E-state index in [0.717, 1.165) is 5.56 Å². The van der Waals surface area contributed by atoms with Gasteiger partial charge in [-0.1, -0.05) is 12.1 Å². The first-order chi connectivity index (χ1) is 19.5. The predicted molar refractivity (Wildman–Crippen MR) is 138 cm³/mol. The molecule has 0 saturated heterocycles. The van der Waals surface area contributed by atoms with E-state index in [4.69, 9.17) is 0 Å². The molecule has 12 heteroatoms. The zero-order valence-corrected chi connectivity index (χ0v) is 21.7. The molecule has 212 valence electrons. The topological polar surface area (TPSA) is 69.5 Å². The summed E-state index contributed by atoms with van der Waals surface area (Å²) in [5, 5.41) is 4.03. The summed E-state index contributed by atoms with van der Waals surface area (Å²) in [6.07, 6.45) is -3.09. The minimum absolute atomic E-state index is 0.161. The molecule has 1 aliphatic heterocycles. The van der Waals surface area contributed by atoms with Crippen LogP contribution in [0.4, 0.5) is 27.6 Å². The first kappa shape index (κ1) is 26.7. The predicted octanol–water partition coefficient (Wildman–Crippen LogP) is 6.55. The highest BCUT2D eigenvalue weighted by molar-refractivity contribution is 6.06. The van der Waals surface area contributed by atoms with Gasteiger partial charge < -0.3 is 14.4 Å². The number of carbonyl (C=O) groups is 1. The molecule has 2 aliphatic rings. The number of fused-ring (bicyclic) bond motifs is 2. The fraction of sp³-hybridized carbons (Fsp3) is 0.276. The molecule has 1 aliphatic carbocycles. The maximum atomic E-state index is 14.1. The standard InChI is InChI=1S/C29H23F5N4O3/c1-37(20-10-11-23-24(15-20)41-29(33,34)40-23)27(39)19-7-2-8-21(14-19)38-25-18(13-17-5-4-12-35-16-17)6-3-9-22(25)26(36-38)28(30,31)32/h2,4-5,7-8,10-12,14-16,18H,3,6,9,13H2,1H3. The molecule has 0 bridgehead atoms. The second-order valence-electron chi connectivity index (χ2n) is 9.99. The minimum Gasteiger partial charge on any atom is -0.395 e. The highest BCUT2D eigenvalue weighted by Crippen LogP contribution is 2.44. The number of carbonyl (C=O) groups excluding carboxylic acids is 1. The molecule has 6 rings (SSSR count). The molecule has 1 unspecified atom stereocenters. The molecule has 4 aromatic rings. The molecule has 0 N–H and O–H groups in total. The summed E-state index contributed by atoms with van der Waals surface area (Å²) in [6.45, 7) is 0. The number of aromatic nitrogens is 3. The molecule has 0 spiro atoms. The van der Waals surface area contributed by atoms with Crippen LogP contribution < -0.4 is 14.4 Å². The van der Waals surface area contributed by atoms with Gasteiger partial charge in [-0.25, -0.2) is 4.68 Å². The molecule has 7 nitrogen and oxygen atoms in total. The number of hydrogen-bond donors (Lipinski definition) is 0. The highest BCUT2D eigenvalue weighted by atomic mass is 19.4. The quantitative estimate of drug-likeness (QED) is 0.255. The van der Waals surface area contributed by atoms with E-state index in [2.05, 4.69) is 19.6 Å². The number of amides is 1. The Morgan fingerprint density at radius 1 is 1.10 bits per heavy atom. The zero-order chi connectivity index (χ0) is 28.9. The molecule has 1 atom stereocenters. The summed E-state index contributed by atoms with van der Waals surface area (Å²) in [4.78, 5) is 18.8. The van der Waals surface area contributed by atoms with Crippen LogP contribution in [0.1, 0.15) is 51.6 Å². The van der Waals surface area contributed by atoms with Crippen molar-refractivity contribution in [2.24, 2.45) is 0 Å². The van der Waals surface area contributed by atoms with E-state index in [9.17, 15) is 26.7 Å². The van der Waals surface area contributed by atoms with Gasteiger partial charge >= 0.3 is 12.5 Å². The highest BCUT2D eigenvalue weighted by Gasteiger charge is 2.44. The smallest absolute Gasteiger partial charge is 0.395 e. The number of alkyl halides is 5. The maximum Gasteiger partial charge on any atom is 0.586 e. The van der Waals surface area contributed by atoms with Gasteiger partial charge in [-0.05, 0) is 67.6 Å². The summed E-state index contributed by atoms with van der Waals surface area (Å²) in [7, 11) is 1.45. The van der Waals surface area contributed by atoms with Gasteiger partial charge in [0.1, 0.15) is 0 Å². The summed E-state index contributed by atoms with van der Waals surface area (Å²) in [6, 6.07) is 13.8. The number of ether oxygens (including phenoxy) is 2. The lowest BCUT2D eigenvalue weighted by atomic mass is 9.83. The fourth-order valence-corrected chi connectivity index (χ4v) is 5.45. The van der Waals surface area contributed by atoms with E-state index in [1.807, 2.05) is 6.07 Å². The van der Waals surface area contributed by atoms with Crippen molar-refractivity contribution in [2.45, 2.75) is 44.1 Å². The van der Waals surface area contributed by atoms with Crippen LogP contribution >= 0.6 is 0 Å². The van der Waals surface area contributed by atoms with E-state index in [-0.39, 0.29) is 40.7 Å². The normalized spacial score (nSPS) is 17.3. The van der Waals surface area contributed by atoms with Crippen LogP contribution in [0.2, 0.25) is 0 Å². The van der Waals surface area contributed by atoms with Crippen molar-refractivity contribution < 1.29 is 36.2 Å². The first-order valence-corrected chi connectivity index (χ1v) is 12.9. The van der Waals surface area contributed by atoms with Gasteiger partial charge in [-0.3, -0.25) is 9.78 Å². The number of hydrogen-bond acceptors (Lipinski definition) is 5. The van der Waals surface area contributed by atoms with Crippen LogP contribution in [0.25, 0.3) is 5.69 Å². The Hall–Kier alpha value is -4.48. The molecule has 1 amide bonds. The van der Waals surface area contributed by atoms with Crippen molar-refractivity contribution in [3.63, 3.8) is 0 Å². The molecular weight excluding hydrogens is 547 g/mol. The molecule has 41 heavy (non-hydrogen) atoms. The number of rotatable bonds is 5. The Morgan fingerprint density at radius 2 is 1.90 bits per heavy atom. The van der Waals surface area contributed by atoms with Crippen molar-refractivity contribution in [2.75, 3.05) is 11.9 Å². The van der Waals surface area contributed by atoms with Crippen LogP contribution in [0.5, 0.6) is 11.5 Å². The lowest BCUT2D eigenvalue weighted by Crippen LogP contribution is -2.26. The third-order valence-electron chi connectivity index (χ3n) is 7.28. The fourth-order valence-electron chi connectivity index (χ4n) is 5.45. The molecular formula is C29H23F5N4O3. The zero-order valence-electron chi connectivity index (χ0n) is 21.7. The van der Waals surface area contributed by atoms with Crippen LogP contribution in [0, 0.1) is 0 Å². The Labute approximate surface area is 231 Å². The van der Waals surface area contributed by atoms with Crippen LogP contribution in [0.3, 0.4) is 0 Å². The number of pyridine rings is 1. The molecule has 3 heterocycles. The van der Waals surface area contributed by atoms with Crippen molar-refractivity contribution in [1.82, 2.24) is 14.8 Å². The Bertz CT molecular complexity index is 1620. The SMILES string of the molecule is CN(C(=O)c1cccc(-n2nc(C(F)(F)F)c3c2C(Cc2cccnc2)CCC3)c1)c1ccc2c(c1)OC(F)(F)O2. The van der Waals surface area contributed by atoms with Crippen LogP contribution in [0.15, 0.2) is 67.0 Å². The summed E-state index contributed by atoms with van der Waals surface area (Å²) in [5.74, 6) is -1.13. The minimum atomic E-state index is -4.64. The monoisotopic (exact) mass is 570 g/mol. The second-order valence-corrected chi connectivity index (χ2v) is 9.99. The largest absolute Gasteiger partial charge is 0.586 e. The Kier molecular flexibility index (Phi) is 6.43. The first-order valence-electron chi connectivity index (χ1n) is 12.9. The van der Waals surface area contributed by atoms with Crippen molar-refractivity contribution in [3.8, 4) is 17.2 Å². The number of halogens is 5. The molecule has 0 fully saturated rings. The summed E-state index contributed by atoms with van der Waals surface area (Å²) < 4.78 is 79.3. The third kappa shape index (κ3) is 5.09. The molecule has 2 aromatic heterocycles. The lowest BCUT2D eigenvalue weighted by molar-refractivity contribution is -0.286. The summed E-state index contributed by atoms with van der Waals surface area (Å²) in [5.41, 5.74) is 1.36. The van der Waals surface area contributed by atoms with Crippen molar-refractivity contribution in [1.29, 1.82) is 0 Å². The van der Waals surface area contributed by atoms with E-state index in [1.165, 1.54) is 47.0 Å². The van der Waals surface area contributed by atoms with Gasteiger partial charge in [0.2, 0.25) is 0 Å². The molecule has 0 radical (unpaired) electrons.